The third kappa shape index (κ3) is 4.61. The Kier molecular flexibility index (Phi) is 5.74. The number of nitrogens with one attached hydrogen (secondary N) is 1. The highest BCUT2D eigenvalue weighted by Gasteiger charge is 2.53. The zero-order chi connectivity index (χ0) is 19.6. The molecule has 3 rings (SSSR count). The number of amides is 1. The second kappa shape index (κ2) is 7.88. The summed E-state index contributed by atoms with van der Waals surface area (Å²) >= 11 is 0. The molecule has 0 aromatic heterocycles. The average Bonchev–Trinajstić information content (AvgIpc) is 2.84. The van der Waals surface area contributed by atoms with Crippen LogP contribution in [0.15, 0.2) is 30.3 Å². The molecule has 27 heavy (non-hydrogen) atoms. The minimum Gasteiger partial charge on any atom is -0.466 e. The number of benzene rings is 1. The maximum absolute atomic E-state index is 12.8. The predicted octanol–water partition coefficient (Wildman–Crippen LogP) is 2.48. The molecule has 2 bridgehead atoms. The summed E-state index contributed by atoms with van der Waals surface area (Å²) in [4.78, 5) is 26.4. The number of rotatable bonds is 5. The van der Waals surface area contributed by atoms with Crippen LogP contribution in [0.1, 0.15) is 23.7 Å². The molecule has 1 aromatic carbocycles. The fourth-order valence-corrected chi connectivity index (χ4v) is 4.37. The smallest absolute Gasteiger partial charge is 0.401 e. The van der Waals surface area contributed by atoms with Crippen LogP contribution >= 0.6 is 0 Å². The molecule has 1 aromatic rings. The number of carbonyl (C=O) groups excluding carboxylic acids is 2. The van der Waals surface area contributed by atoms with Crippen LogP contribution in [0.3, 0.4) is 0 Å². The lowest BCUT2D eigenvalue weighted by Crippen LogP contribution is -2.46. The number of nitrogens with zero attached hydrogens (tertiary/aromatic N) is 1. The summed E-state index contributed by atoms with van der Waals surface area (Å²) < 4.78 is 43.6. The Labute approximate surface area is 155 Å². The van der Waals surface area contributed by atoms with E-state index in [0.717, 1.165) is 0 Å². The monoisotopic (exact) mass is 384 g/mol. The summed E-state index contributed by atoms with van der Waals surface area (Å²) in [6.45, 7) is 1.25. The summed E-state index contributed by atoms with van der Waals surface area (Å²) in [6, 6.07) is 8.04. The van der Waals surface area contributed by atoms with E-state index in [4.69, 9.17) is 4.74 Å². The van der Waals surface area contributed by atoms with E-state index in [1.54, 1.807) is 37.3 Å². The van der Waals surface area contributed by atoms with E-state index in [-0.39, 0.29) is 37.4 Å². The number of likely N-dealkylation sites (tertiary alicyclic amines) is 1. The summed E-state index contributed by atoms with van der Waals surface area (Å²) in [5.41, 5.74) is 0.453. The summed E-state index contributed by atoms with van der Waals surface area (Å²) in [5, 5.41) is 2.89. The van der Waals surface area contributed by atoms with Gasteiger partial charge >= 0.3 is 12.1 Å². The molecule has 2 aliphatic rings. The van der Waals surface area contributed by atoms with Crippen molar-refractivity contribution < 1.29 is 27.5 Å². The Morgan fingerprint density at radius 3 is 2.48 bits per heavy atom. The summed E-state index contributed by atoms with van der Waals surface area (Å²) in [7, 11) is 0. The van der Waals surface area contributed by atoms with Gasteiger partial charge in [0, 0.05) is 24.7 Å². The number of fused-ring (bicyclic) bond motifs is 2. The second-order valence-corrected chi connectivity index (χ2v) is 7.21. The van der Waals surface area contributed by atoms with Crippen LogP contribution in [0.25, 0.3) is 0 Å². The highest BCUT2D eigenvalue weighted by atomic mass is 19.4. The van der Waals surface area contributed by atoms with Crippen molar-refractivity contribution in [1.82, 2.24) is 10.2 Å². The quantitative estimate of drug-likeness (QED) is 0.793. The normalized spacial score (nSPS) is 28.0. The number of ether oxygens (including phenoxy) is 1. The van der Waals surface area contributed by atoms with Crippen LogP contribution in [0.4, 0.5) is 13.2 Å². The Balaban J connectivity index is 1.79. The molecule has 1 aliphatic carbocycles. The average molecular weight is 384 g/mol. The van der Waals surface area contributed by atoms with Crippen molar-refractivity contribution in [3.8, 4) is 0 Å². The highest BCUT2D eigenvalue weighted by Crippen LogP contribution is 2.42. The minimum absolute atomic E-state index is 0.178. The first kappa shape index (κ1) is 19.7. The second-order valence-electron chi connectivity index (χ2n) is 7.21. The zero-order valence-electron chi connectivity index (χ0n) is 15.0. The van der Waals surface area contributed by atoms with Crippen LogP contribution in [0.5, 0.6) is 0 Å². The number of esters is 1. The van der Waals surface area contributed by atoms with Crippen molar-refractivity contribution in [2.45, 2.75) is 25.6 Å². The van der Waals surface area contributed by atoms with Gasteiger partial charge in [0.25, 0.3) is 5.91 Å². The molecule has 1 aliphatic heterocycles. The Morgan fingerprint density at radius 2 is 1.85 bits per heavy atom. The van der Waals surface area contributed by atoms with E-state index in [9.17, 15) is 22.8 Å². The topological polar surface area (TPSA) is 58.6 Å². The number of piperidine rings is 1. The highest BCUT2D eigenvalue weighted by molar-refractivity contribution is 5.94. The summed E-state index contributed by atoms with van der Waals surface area (Å²) in [5.74, 6) is -1.87. The number of halogens is 3. The fourth-order valence-electron chi connectivity index (χ4n) is 4.37. The zero-order valence-corrected chi connectivity index (χ0v) is 15.0. The Morgan fingerprint density at radius 1 is 1.19 bits per heavy atom. The van der Waals surface area contributed by atoms with E-state index in [2.05, 4.69) is 5.32 Å². The van der Waals surface area contributed by atoms with Gasteiger partial charge in [-0.25, -0.2) is 0 Å². The molecule has 5 nitrogen and oxygen atoms in total. The standard InChI is InChI=1S/C19H23F3N2O3/c1-2-27-18(26)15-13-8-14(10-24(9-13)11-19(20,21)22)16(15)23-17(25)12-6-4-3-5-7-12/h3-7,13-16H,2,8-11H2,1H3,(H,23,25). The lowest BCUT2D eigenvalue weighted by molar-refractivity contribution is -0.152. The fraction of sp³-hybridized carbons (Fsp3) is 0.579. The molecule has 148 valence electrons. The van der Waals surface area contributed by atoms with Crippen molar-refractivity contribution in [2.24, 2.45) is 17.8 Å². The lowest BCUT2D eigenvalue weighted by Gasteiger charge is -2.32. The van der Waals surface area contributed by atoms with E-state index in [0.29, 0.717) is 12.0 Å². The number of alkyl halides is 3. The van der Waals surface area contributed by atoms with Crippen molar-refractivity contribution in [3.05, 3.63) is 35.9 Å². The number of carbonyl (C=O) groups is 2. The molecule has 0 spiro atoms. The van der Waals surface area contributed by atoms with E-state index >= 15 is 0 Å². The van der Waals surface area contributed by atoms with Gasteiger partial charge in [-0.1, -0.05) is 18.2 Å². The van der Waals surface area contributed by atoms with Crippen LogP contribution in [-0.2, 0) is 9.53 Å². The van der Waals surface area contributed by atoms with Crippen LogP contribution in [0.2, 0.25) is 0 Å². The van der Waals surface area contributed by atoms with Gasteiger partial charge in [-0.3, -0.25) is 14.5 Å². The van der Waals surface area contributed by atoms with Gasteiger partial charge in [-0.15, -0.1) is 0 Å². The lowest BCUT2D eigenvalue weighted by atomic mass is 9.93. The molecule has 0 radical (unpaired) electrons. The van der Waals surface area contributed by atoms with Crippen molar-refractivity contribution in [1.29, 1.82) is 0 Å². The molecule has 1 heterocycles. The predicted molar refractivity (Wildman–Crippen MR) is 91.9 cm³/mol. The number of hydrogen-bond donors (Lipinski definition) is 1. The Bertz CT molecular complexity index is 681. The van der Waals surface area contributed by atoms with Gasteiger partial charge in [0.15, 0.2) is 0 Å². The first-order valence-corrected chi connectivity index (χ1v) is 9.10. The van der Waals surface area contributed by atoms with Crippen LogP contribution < -0.4 is 5.32 Å². The number of hydrogen-bond acceptors (Lipinski definition) is 4. The molecule has 4 unspecified atom stereocenters. The van der Waals surface area contributed by atoms with Gasteiger partial charge in [0.05, 0.1) is 19.1 Å². The molecule has 4 atom stereocenters. The van der Waals surface area contributed by atoms with Gasteiger partial charge < -0.3 is 10.1 Å². The molecule has 1 N–H and O–H groups in total. The maximum Gasteiger partial charge on any atom is 0.401 e. The van der Waals surface area contributed by atoms with Crippen molar-refractivity contribution in [3.63, 3.8) is 0 Å². The van der Waals surface area contributed by atoms with Gasteiger partial charge in [0.1, 0.15) is 0 Å². The van der Waals surface area contributed by atoms with Crippen molar-refractivity contribution >= 4 is 11.9 Å². The molecule has 2 fully saturated rings. The molecule has 1 saturated heterocycles. The third-order valence-electron chi connectivity index (χ3n) is 5.29. The SMILES string of the molecule is CCOC(=O)C1C2CC(CN(CC(F)(F)F)C2)C1NC(=O)c1ccccc1. The van der Waals surface area contributed by atoms with Crippen molar-refractivity contribution in [2.75, 3.05) is 26.2 Å². The third-order valence-corrected chi connectivity index (χ3v) is 5.29. The molecular weight excluding hydrogens is 361 g/mol. The summed E-state index contributed by atoms with van der Waals surface area (Å²) in [6.07, 6.45) is -3.68. The van der Waals surface area contributed by atoms with E-state index < -0.39 is 30.7 Å². The van der Waals surface area contributed by atoms with Gasteiger partial charge in [0.2, 0.25) is 0 Å². The minimum atomic E-state index is -4.29. The van der Waals surface area contributed by atoms with E-state index in [1.165, 1.54) is 4.90 Å². The molecule has 1 amide bonds. The Hall–Kier alpha value is -2.09. The molecule has 1 saturated carbocycles. The van der Waals surface area contributed by atoms with Crippen LogP contribution in [0, 0.1) is 17.8 Å². The first-order valence-electron chi connectivity index (χ1n) is 9.10. The van der Waals surface area contributed by atoms with Gasteiger partial charge in [-0.05, 0) is 37.3 Å². The molecular formula is C19H23F3N2O3. The van der Waals surface area contributed by atoms with E-state index in [1.807, 2.05) is 0 Å². The maximum atomic E-state index is 12.8. The van der Waals surface area contributed by atoms with Crippen LogP contribution in [-0.4, -0.2) is 55.2 Å². The largest absolute Gasteiger partial charge is 0.466 e. The van der Waals surface area contributed by atoms with Gasteiger partial charge in [-0.2, -0.15) is 13.2 Å². The first-order chi connectivity index (χ1) is 12.8. The molecule has 8 heteroatoms.